The van der Waals surface area contributed by atoms with Crippen molar-refractivity contribution in [3.05, 3.63) is 70.2 Å². The van der Waals surface area contributed by atoms with Crippen LogP contribution in [-0.4, -0.2) is 41.1 Å². The van der Waals surface area contributed by atoms with Gasteiger partial charge in [0.1, 0.15) is 5.75 Å². The van der Waals surface area contributed by atoms with Crippen molar-refractivity contribution in [3.63, 3.8) is 0 Å². The van der Waals surface area contributed by atoms with Gasteiger partial charge in [-0.3, -0.25) is 15.0 Å². The molecule has 3 aromatic carbocycles. The summed E-state index contributed by atoms with van der Waals surface area (Å²) in [5, 5.41) is 18.4. The van der Waals surface area contributed by atoms with Crippen LogP contribution in [0.5, 0.6) is 5.75 Å². The number of nitrogens with one attached hydrogen (secondary N) is 2. The van der Waals surface area contributed by atoms with Gasteiger partial charge in [-0.15, -0.1) is 0 Å². The predicted octanol–water partition coefficient (Wildman–Crippen LogP) is 4.71. The molecule has 0 spiro atoms. The number of hydrogen-bond donors (Lipinski definition) is 3. The Morgan fingerprint density at radius 2 is 1.60 bits per heavy atom. The zero-order valence-electron chi connectivity index (χ0n) is 18.8. The first-order valence-corrected chi connectivity index (χ1v) is 12.3. The number of halogens is 2. The number of aliphatic hydroxyl groups excluding tert-OH is 1. The summed E-state index contributed by atoms with van der Waals surface area (Å²) in [5.74, 6) is -0.0315. The van der Waals surface area contributed by atoms with E-state index < -0.39 is 12.2 Å². The molecule has 0 aromatic heterocycles. The number of nitrogens with zero attached hydrogens (tertiary/aromatic N) is 1. The van der Waals surface area contributed by atoms with E-state index in [0.29, 0.717) is 47.3 Å². The van der Waals surface area contributed by atoms with Crippen molar-refractivity contribution in [2.45, 2.75) is 31.5 Å². The number of benzene rings is 3. The number of carbonyl (C=O) groups is 2. The lowest BCUT2D eigenvalue weighted by molar-refractivity contribution is -0.136. The number of ether oxygens (including phenoxy) is 1. The molecule has 3 N–H and O–H groups in total. The third kappa shape index (κ3) is 5.38. The van der Waals surface area contributed by atoms with Gasteiger partial charge in [0, 0.05) is 46.7 Å². The largest absolute Gasteiger partial charge is 0.480 e. The zero-order chi connectivity index (χ0) is 24.5. The molecule has 0 saturated carbocycles. The maximum Gasteiger partial charge on any atom is 0.275 e. The Balaban J connectivity index is 1.13. The number of fused-ring (bicyclic) bond motifs is 2. The molecule has 7 nitrogen and oxygen atoms in total. The van der Waals surface area contributed by atoms with E-state index in [1.54, 1.807) is 23.2 Å². The van der Waals surface area contributed by atoms with Gasteiger partial charge in [0.15, 0.2) is 6.10 Å². The maximum absolute atomic E-state index is 12.8. The smallest absolute Gasteiger partial charge is 0.275 e. The number of anilines is 1. The van der Waals surface area contributed by atoms with E-state index in [9.17, 15) is 14.7 Å². The minimum Gasteiger partial charge on any atom is -0.480 e. The van der Waals surface area contributed by atoms with Gasteiger partial charge in [0.05, 0.1) is 6.10 Å². The summed E-state index contributed by atoms with van der Waals surface area (Å²) in [5.41, 5.74) is 4.21. The zero-order valence-corrected chi connectivity index (χ0v) is 20.4. The second kappa shape index (κ2) is 10.0. The Morgan fingerprint density at radius 1 is 0.914 bits per heavy atom. The standard InChI is InChI=1S/C26H25Cl2N3O4/c27-18-3-1-17-12-20(5-2-16(17)11-18)29-25(33)15-7-9-31(10-8-15)30-26(34)24-14-22(32)21-13-19(28)4-6-23(21)35-24/h1-6,11-13,15,22,24,32H,7-10,14H2,(H,29,33)(H,30,34)/t22-,24-/m1/s1. The summed E-state index contributed by atoms with van der Waals surface area (Å²) in [6.45, 7) is 1.09. The molecule has 0 bridgehead atoms. The molecule has 35 heavy (non-hydrogen) atoms. The van der Waals surface area contributed by atoms with Gasteiger partial charge in [-0.2, -0.15) is 0 Å². The van der Waals surface area contributed by atoms with E-state index in [4.69, 9.17) is 27.9 Å². The summed E-state index contributed by atoms with van der Waals surface area (Å²) in [6.07, 6.45) is -0.247. The van der Waals surface area contributed by atoms with E-state index >= 15 is 0 Å². The maximum atomic E-state index is 12.8. The first-order chi connectivity index (χ1) is 16.9. The number of piperidine rings is 1. The number of aliphatic hydroxyl groups is 1. The van der Waals surface area contributed by atoms with Crippen LogP contribution in [0.3, 0.4) is 0 Å². The van der Waals surface area contributed by atoms with Gasteiger partial charge < -0.3 is 15.2 Å². The Morgan fingerprint density at radius 3 is 2.40 bits per heavy atom. The lowest BCUT2D eigenvalue weighted by Gasteiger charge is -2.34. The highest BCUT2D eigenvalue weighted by Gasteiger charge is 2.34. The first kappa shape index (κ1) is 23.9. The summed E-state index contributed by atoms with van der Waals surface area (Å²) in [4.78, 5) is 25.6. The van der Waals surface area contributed by atoms with Gasteiger partial charge >= 0.3 is 0 Å². The third-order valence-corrected chi connectivity index (χ3v) is 7.00. The fraction of sp³-hybridized carbons (Fsp3) is 0.308. The molecule has 2 heterocycles. The van der Waals surface area contributed by atoms with Gasteiger partial charge in [0.25, 0.3) is 5.91 Å². The topological polar surface area (TPSA) is 90.9 Å². The molecule has 2 aliphatic heterocycles. The monoisotopic (exact) mass is 513 g/mol. The average molecular weight is 514 g/mol. The minimum atomic E-state index is -0.824. The molecule has 3 aromatic rings. The summed E-state index contributed by atoms with van der Waals surface area (Å²) < 4.78 is 5.79. The van der Waals surface area contributed by atoms with Crippen LogP contribution in [0.25, 0.3) is 10.8 Å². The van der Waals surface area contributed by atoms with Crippen molar-refractivity contribution in [3.8, 4) is 5.75 Å². The molecule has 2 aliphatic rings. The van der Waals surface area contributed by atoms with Crippen LogP contribution in [0.2, 0.25) is 10.0 Å². The van der Waals surface area contributed by atoms with Crippen LogP contribution in [0, 0.1) is 5.92 Å². The molecule has 2 atom stereocenters. The van der Waals surface area contributed by atoms with E-state index in [1.807, 2.05) is 36.4 Å². The highest BCUT2D eigenvalue weighted by Crippen LogP contribution is 2.36. The third-order valence-electron chi connectivity index (χ3n) is 6.53. The Labute approximate surface area is 212 Å². The summed E-state index contributed by atoms with van der Waals surface area (Å²) in [6, 6.07) is 16.4. The lowest BCUT2D eigenvalue weighted by Crippen LogP contribution is -2.52. The molecular weight excluding hydrogens is 489 g/mol. The molecule has 1 fully saturated rings. The number of carbonyl (C=O) groups excluding carboxylic acids is 2. The Kier molecular flexibility index (Phi) is 6.84. The highest BCUT2D eigenvalue weighted by molar-refractivity contribution is 6.31. The molecule has 2 amide bonds. The number of amides is 2. The SMILES string of the molecule is O=C(Nc1ccc2cc(Cl)ccc2c1)C1CCN(NC(=O)[C@H]2C[C@@H](O)c3cc(Cl)ccc3O2)CC1. The quantitative estimate of drug-likeness (QED) is 0.469. The van der Waals surface area contributed by atoms with Crippen LogP contribution in [0.1, 0.15) is 30.9 Å². The fourth-order valence-electron chi connectivity index (χ4n) is 4.60. The van der Waals surface area contributed by atoms with Gasteiger partial charge in [-0.05, 0) is 66.1 Å². The average Bonchev–Trinajstić information content (AvgIpc) is 2.85. The second-order valence-corrected chi connectivity index (χ2v) is 9.85. The molecule has 0 unspecified atom stereocenters. The first-order valence-electron chi connectivity index (χ1n) is 11.6. The van der Waals surface area contributed by atoms with Crippen LogP contribution in [-0.2, 0) is 9.59 Å². The van der Waals surface area contributed by atoms with E-state index in [0.717, 1.165) is 16.5 Å². The van der Waals surface area contributed by atoms with Crippen molar-refractivity contribution < 1.29 is 19.4 Å². The highest BCUT2D eigenvalue weighted by atomic mass is 35.5. The summed E-state index contributed by atoms with van der Waals surface area (Å²) in [7, 11) is 0. The van der Waals surface area contributed by atoms with E-state index in [2.05, 4.69) is 10.7 Å². The molecule has 0 aliphatic carbocycles. The fourth-order valence-corrected chi connectivity index (χ4v) is 4.96. The molecule has 0 radical (unpaired) electrons. The van der Waals surface area contributed by atoms with Crippen molar-refractivity contribution in [1.82, 2.24) is 10.4 Å². The van der Waals surface area contributed by atoms with E-state index in [1.165, 1.54) is 0 Å². The van der Waals surface area contributed by atoms with Gasteiger partial charge in [0.2, 0.25) is 5.91 Å². The Hall–Kier alpha value is -2.84. The molecule has 9 heteroatoms. The Bertz CT molecular complexity index is 1280. The molecule has 1 saturated heterocycles. The van der Waals surface area contributed by atoms with Crippen molar-refractivity contribution >= 4 is 51.5 Å². The van der Waals surface area contributed by atoms with Crippen molar-refractivity contribution in [2.75, 3.05) is 18.4 Å². The van der Waals surface area contributed by atoms with Crippen molar-refractivity contribution in [1.29, 1.82) is 0 Å². The predicted molar refractivity (Wildman–Crippen MR) is 135 cm³/mol. The number of hydrogen-bond acceptors (Lipinski definition) is 5. The molecular formula is C26H25Cl2N3O4. The van der Waals surface area contributed by atoms with Gasteiger partial charge in [-0.1, -0.05) is 35.3 Å². The number of rotatable bonds is 4. The van der Waals surface area contributed by atoms with Gasteiger partial charge in [-0.25, -0.2) is 5.01 Å². The van der Waals surface area contributed by atoms with Crippen LogP contribution >= 0.6 is 23.2 Å². The van der Waals surface area contributed by atoms with E-state index in [-0.39, 0.29) is 24.2 Å². The van der Waals surface area contributed by atoms with Crippen LogP contribution < -0.4 is 15.5 Å². The van der Waals surface area contributed by atoms with Crippen LogP contribution in [0.4, 0.5) is 5.69 Å². The van der Waals surface area contributed by atoms with Crippen molar-refractivity contribution in [2.24, 2.45) is 5.92 Å². The number of hydrazine groups is 1. The van der Waals surface area contributed by atoms with Crippen LogP contribution in [0.15, 0.2) is 54.6 Å². The molecule has 182 valence electrons. The minimum absolute atomic E-state index is 0.0294. The second-order valence-electron chi connectivity index (χ2n) is 8.97. The lowest BCUT2D eigenvalue weighted by atomic mass is 9.96. The summed E-state index contributed by atoms with van der Waals surface area (Å²) >= 11 is 12.0. The normalized spacial score (nSPS) is 20.7. The molecule has 5 rings (SSSR count).